The van der Waals surface area contributed by atoms with Gasteiger partial charge in [0.1, 0.15) is 31.0 Å². The summed E-state index contributed by atoms with van der Waals surface area (Å²) in [6.45, 7) is 9.31. The third-order valence-electron chi connectivity index (χ3n) is 2.81. The molecular formula is C15H23KO9S. The van der Waals surface area contributed by atoms with Crippen LogP contribution in [-0.4, -0.2) is 56.5 Å². The Bertz CT molecular complexity index is 643. The first-order chi connectivity index (χ1) is 11.3. The van der Waals surface area contributed by atoms with Crippen LogP contribution >= 0.6 is 0 Å². The molecule has 0 aromatic heterocycles. The molecule has 0 unspecified atom stereocenters. The van der Waals surface area contributed by atoms with E-state index in [1.807, 2.05) is 0 Å². The Hall–Kier alpha value is -0.564. The van der Waals surface area contributed by atoms with Crippen LogP contribution in [0.5, 0.6) is 0 Å². The van der Waals surface area contributed by atoms with Gasteiger partial charge in [0.15, 0.2) is 0 Å². The normalized spacial score (nSPS) is 10.9. The van der Waals surface area contributed by atoms with Crippen molar-refractivity contribution >= 4 is 28.0 Å². The van der Waals surface area contributed by atoms with Crippen molar-refractivity contribution in [1.29, 1.82) is 0 Å². The van der Waals surface area contributed by atoms with E-state index in [2.05, 4.69) is 13.2 Å². The molecule has 0 aromatic carbocycles. The number of hydrogen-bond acceptors (Lipinski definition) is 8. The molecule has 0 aromatic rings. The summed E-state index contributed by atoms with van der Waals surface area (Å²) in [6, 6.07) is 0. The summed E-state index contributed by atoms with van der Waals surface area (Å²) in [4.78, 5) is 35.2. The number of rotatable bonds is 10. The predicted molar refractivity (Wildman–Crippen MR) is 88.1 cm³/mol. The van der Waals surface area contributed by atoms with Gasteiger partial charge in [0.25, 0.3) is 10.1 Å². The van der Waals surface area contributed by atoms with Gasteiger partial charge in [-0.2, -0.15) is 8.42 Å². The molecule has 0 saturated carbocycles. The van der Waals surface area contributed by atoms with Gasteiger partial charge < -0.3 is 15.6 Å². The molecule has 0 heterocycles. The summed E-state index contributed by atoms with van der Waals surface area (Å²) in [6.07, 6.45) is 0. The standard InChI is InChI=1S/C15H22O9S.K.H/c1-10(2)12(16)23-8-15(5,9-24-13(17)11(3)4)14(18)22-6-7-25(19,20)21;;/h1,3,6-9H2,2,4-5H3,(H,19,20,21);;/q;+1;-1. The summed E-state index contributed by atoms with van der Waals surface area (Å²) in [5.74, 6) is -3.29. The third-order valence-corrected chi connectivity index (χ3v) is 3.49. The second kappa shape index (κ2) is 12.0. The van der Waals surface area contributed by atoms with E-state index in [9.17, 15) is 22.8 Å². The first-order valence-corrected chi connectivity index (χ1v) is 8.67. The molecule has 0 radical (unpaired) electrons. The van der Waals surface area contributed by atoms with Gasteiger partial charge in [-0.05, 0) is 20.8 Å². The molecule has 0 spiro atoms. The van der Waals surface area contributed by atoms with E-state index in [-0.39, 0.29) is 64.0 Å². The fraction of sp³-hybridized carbons (Fsp3) is 0.533. The van der Waals surface area contributed by atoms with Gasteiger partial charge in [0.2, 0.25) is 0 Å². The molecule has 144 valence electrons. The van der Waals surface area contributed by atoms with Gasteiger partial charge in [-0.25, -0.2) is 9.59 Å². The summed E-state index contributed by atoms with van der Waals surface area (Å²) in [5.41, 5.74) is -1.39. The first-order valence-electron chi connectivity index (χ1n) is 7.06. The molecule has 0 aliphatic heterocycles. The number of carbonyl (C=O) groups is 3. The van der Waals surface area contributed by atoms with Crippen LogP contribution < -0.4 is 51.4 Å². The minimum Gasteiger partial charge on any atom is -1.00 e. The zero-order valence-electron chi connectivity index (χ0n) is 16.4. The van der Waals surface area contributed by atoms with Gasteiger partial charge in [0.05, 0.1) is 0 Å². The fourth-order valence-electron chi connectivity index (χ4n) is 1.27. The van der Waals surface area contributed by atoms with Crippen LogP contribution in [0.4, 0.5) is 0 Å². The van der Waals surface area contributed by atoms with Crippen molar-refractivity contribution in [3.05, 3.63) is 24.3 Å². The quantitative estimate of drug-likeness (QED) is 0.138. The molecule has 11 heteroatoms. The molecule has 0 aliphatic carbocycles. The number of hydrogen-bond donors (Lipinski definition) is 1. The van der Waals surface area contributed by atoms with Crippen molar-refractivity contribution in [2.45, 2.75) is 20.8 Å². The average molecular weight is 419 g/mol. The van der Waals surface area contributed by atoms with Crippen LogP contribution in [0, 0.1) is 5.41 Å². The summed E-state index contributed by atoms with van der Waals surface area (Å²) in [5, 5.41) is 0. The molecule has 1 N–H and O–H groups in total. The van der Waals surface area contributed by atoms with Crippen LogP contribution in [0.25, 0.3) is 0 Å². The molecule has 0 saturated heterocycles. The maximum absolute atomic E-state index is 12.2. The summed E-state index contributed by atoms with van der Waals surface area (Å²) >= 11 is 0. The summed E-state index contributed by atoms with van der Waals surface area (Å²) in [7, 11) is -4.31. The van der Waals surface area contributed by atoms with E-state index in [4.69, 9.17) is 18.8 Å². The van der Waals surface area contributed by atoms with Crippen molar-refractivity contribution in [1.82, 2.24) is 0 Å². The van der Waals surface area contributed by atoms with E-state index in [1.54, 1.807) is 0 Å². The van der Waals surface area contributed by atoms with E-state index in [1.165, 1.54) is 20.8 Å². The number of ether oxygens (including phenoxy) is 3. The molecule has 0 aliphatic rings. The largest absolute Gasteiger partial charge is 1.00 e. The third kappa shape index (κ3) is 11.2. The molecule has 9 nitrogen and oxygen atoms in total. The second-order valence-electron chi connectivity index (χ2n) is 5.70. The number of carbonyl (C=O) groups excluding carboxylic acids is 3. The zero-order chi connectivity index (χ0) is 19.8. The molecular weight excluding hydrogens is 395 g/mol. The first kappa shape index (κ1) is 27.7. The fourth-order valence-corrected chi connectivity index (χ4v) is 1.56. The van der Waals surface area contributed by atoms with Crippen molar-refractivity contribution in [3.63, 3.8) is 0 Å². The average Bonchev–Trinajstić information content (AvgIpc) is 2.48. The Morgan fingerprint density at radius 3 is 1.69 bits per heavy atom. The molecule has 26 heavy (non-hydrogen) atoms. The zero-order valence-corrected chi connectivity index (χ0v) is 19.3. The van der Waals surface area contributed by atoms with Gasteiger partial charge in [-0.1, -0.05) is 13.2 Å². The molecule has 0 atom stereocenters. The van der Waals surface area contributed by atoms with Crippen LogP contribution in [0.1, 0.15) is 22.2 Å². The van der Waals surface area contributed by atoms with Crippen molar-refractivity contribution in [2.75, 3.05) is 25.6 Å². The molecule has 0 bridgehead atoms. The second-order valence-corrected chi connectivity index (χ2v) is 7.27. The van der Waals surface area contributed by atoms with Crippen LogP contribution in [-0.2, 0) is 38.7 Å². The number of esters is 3. The van der Waals surface area contributed by atoms with E-state index in [0.717, 1.165) is 0 Å². The smallest absolute Gasteiger partial charge is 1.00 e. The van der Waals surface area contributed by atoms with Gasteiger partial charge in [-0.15, -0.1) is 0 Å². The Balaban J connectivity index is -0.00000288. The maximum Gasteiger partial charge on any atom is 1.00 e. The molecule has 0 amide bonds. The Morgan fingerprint density at radius 1 is 1.00 bits per heavy atom. The van der Waals surface area contributed by atoms with Gasteiger partial charge in [0, 0.05) is 11.1 Å². The van der Waals surface area contributed by atoms with Gasteiger partial charge in [-0.3, -0.25) is 9.35 Å². The summed E-state index contributed by atoms with van der Waals surface area (Å²) < 4.78 is 44.5. The molecule has 0 rings (SSSR count). The van der Waals surface area contributed by atoms with Crippen LogP contribution in [0.2, 0.25) is 0 Å². The minimum atomic E-state index is -4.31. The van der Waals surface area contributed by atoms with Crippen molar-refractivity contribution < 1.29 is 94.4 Å². The Morgan fingerprint density at radius 2 is 1.38 bits per heavy atom. The minimum absolute atomic E-state index is 0. The molecule has 0 fully saturated rings. The SMILES string of the molecule is C=C(C)C(=O)OCC(C)(COC(=O)C(=C)C)C(=O)OCCS(=O)(=O)O.[H-].[K+]. The van der Waals surface area contributed by atoms with E-state index in [0.29, 0.717) is 0 Å². The Kier molecular flexibility index (Phi) is 12.8. The van der Waals surface area contributed by atoms with E-state index >= 15 is 0 Å². The van der Waals surface area contributed by atoms with Crippen molar-refractivity contribution in [2.24, 2.45) is 5.41 Å². The van der Waals surface area contributed by atoms with Crippen LogP contribution in [0.15, 0.2) is 24.3 Å². The van der Waals surface area contributed by atoms with Gasteiger partial charge >= 0.3 is 69.3 Å². The van der Waals surface area contributed by atoms with Crippen LogP contribution in [0.3, 0.4) is 0 Å². The topological polar surface area (TPSA) is 133 Å². The predicted octanol–water partition coefficient (Wildman–Crippen LogP) is -2.22. The monoisotopic (exact) mass is 418 g/mol. The Labute approximate surface area is 196 Å². The van der Waals surface area contributed by atoms with Crippen molar-refractivity contribution in [3.8, 4) is 0 Å². The van der Waals surface area contributed by atoms with E-state index < -0.39 is 59.0 Å². The maximum atomic E-state index is 12.2.